The molecular formula is C9H8N2O6. The van der Waals surface area contributed by atoms with E-state index >= 15 is 0 Å². The molecule has 3 N–H and O–H groups in total. The lowest BCUT2D eigenvalue weighted by atomic mass is 10.2. The van der Waals surface area contributed by atoms with Crippen LogP contribution < -0.4 is 11.2 Å². The number of nitrogens with zero attached hydrogens (tertiary/aromatic N) is 1. The zero-order valence-electron chi connectivity index (χ0n) is 8.47. The third-order valence-electron chi connectivity index (χ3n) is 1.93. The number of carboxylic acid groups (broad SMARTS) is 2. The Kier molecular flexibility index (Phi) is 3.27. The zero-order valence-corrected chi connectivity index (χ0v) is 8.47. The molecule has 0 spiro atoms. The number of hydrogen-bond donors (Lipinski definition) is 3. The topological polar surface area (TPSA) is 129 Å². The number of H-pyrrole nitrogens is 1. The molecule has 1 heterocycles. The second-order valence-electron chi connectivity index (χ2n) is 2.99. The summed E-state index contributed by atoms with van der Waals surface area (Å²) < 4.78 is 0.545. The van der Waals surface area contributed by atoms with Gasteiger partial charge in [0.05, 0.1) is 0 Å². The molecule has 0 aliphatic carbocycles. The molecule has 0 atom stereocenters. The van der Waals surface area contributed by atoms with Crippen LogP contribution in [0.25, 0.3) is 0 Å². The first-order valence-corrected chi connectivity index (χ1v) is 4.34. The van der Waals surface area contributed by atoms with Gasteiger partial charge in [0, 0.05) is 6.54 Å². The molecule has 90 valence electrons. The van der Waals surface area contributed by atoms with E-state index in [0.29, 0.717) is 4.57 Å². The number of aromatic carboxylic acids is 2. The van der Waals surface area contributed by atoms with Crippen molar-refractivity contribution in [2.45, 2.75) is 6.54 Å². The summed E-state index contributed by atoms with van der Waals surface area (Å²) in [5.74, 6) is -3.41. The van der Waals surface area contributed by atoms with Crippen molar-refractivity contribution in [1.29, 1.82) is 0 Å². The molecule has 0 aliphatic rings. The minimum Gasteiger partial charge on any atom is -0.477 e. The number of hydrogen-bond acceptors (Lipinski definition) is 4. The van der Waals surface area contributed by atoms with E-state index in [4.69, 9.17) is 10.2 Å². The van der Waals surface area contributed by atoms with Crippen LogP contribution in [0, 0.1) is 0 Å². The van der Waals surface area contributed by atoms with E-state index in [1.807, 2.05) is 4.98 Å². The number of aromatic nitrogens is 2. The largest absolute Gasteiger partial charge is 0.477 e. The summed E-state index contributed by atoms with van der Waals surface area (Å²) in [6.07, 6.45) is 1.21. The summed E-state index contributed by atoms with van der Waals surface area (Å²) in [5.41, 5.74) is -4.11. The highest BCUT2D eigenvalue weighted by Gasteiger charge is 2.23. The van der Waals surface area contributed by atoms with Gasteiger partial charge >= 0.3 is 17.6 Å². The van der Waals surface area contributed by atoms with Crippen molar-refractivity contribution in [2.75, 3.05) is 0 Å². The van der Waals surface area contributed by atoms with Crippen LogP contribution in [-0.2, 0) is 6.54 Å². The summed E-state index contributed by atoms with van der Waals surface area (Å²) >= 11 is 0. The molecule has 0 saturated heterocycles. The van der Waals surface area contributed by atoms with Gasteiger partial charge in [-0.2, -0.15) is 0 Å². The highest BCUT2D eigenvalue weighted by Crippen LogP contribution is 1.98. The van der Waals surface area contributed by atoms with Gasteiger partial charge in [-0.15, -0.1) is 6.58 Å². The number of rotatable bonds is 4. The maximum Gasteiger partial charge on any atom is 0.353 e. The molecule has 0 fully saturated rings. The lowest BCUT2D eigenvalue weighted by Crippen LogP contribution is -2.40. The van der Waals surface area contributed by atoms with Crippen molar-refractivity contribution in [3.05, 3.63) is 44.8 Å². The van der Waals surface area contributed by atoms with Gasteiger partial charge in [-0.3, -0.25) is 9.36 Å². The van der Waals surface area contributed by atoms with E-state index in [0.717, 1.165) is 0 Å². The smallest absolute Gasteiger partial charge is 0.353 e. The predicted octanol–water partition coefficient (Wildman–Crippen LogP) is -0.881. The summed E-state index contributed by atoms with van der Waals surface area (Å²) in [6.45, 7) is 3.08. The molecule has 0 amide bonds. The van der Waals surface area contributed by atoms with Crippen LogP contribution in [0.1, 0.15) is 20.8 Å². The molecule has 1 rings (SSSR count). The van der Waals surface area contributed by atoms with E-state index < -0.39 is 34.4 Å². The van der Waals surface area contributed by atoms with Gasteiger partial charge in [0.2, 0.25) is 0 Å². The monoisotopic (exact) mass is 240 g/mol. The molecule has 0 aromatic carbocycles. The van der Waals surface area contributed by atoms with Gasteiger partial charge < -0.3 is 15.2 Å². The molecule has 0 aliphatic heterocycles. The van der Waals surface area contributed by atoms with Crippen LogP contribution in [0.5, 0.6) is 0 Å². The van der Waals surface area contributed by atoms with E-state index in [2.05, 4.69) is 6.58 Å². The van der Waals surface area contributed by atoms with Crippen LogP contribution in [0.4, 0.5) is 0 Å². The fourth-order valence-corrected chi connectivity index (χ4v) is 1.22. The van der Waals surface area contributed by atoms with Gasteiger partial charge in [0.1, 0.15) is 5.69 Å². The minimum absolute atomic E-state index is 0.214. The molecule has 0 bridgehead atoms. The van der Waals surface area contributed by atoms with Crippen LogP contribution in [-0.4, -0.2) is 31.7 Å². The fraction of sp³-hybridized carbons (Fsp3) is 0.111. The predicted molar refractivity (Wildman–Crippen MR) is 55.4 cm³/mol. The number of carbonyl (C=O) groups is 2. The SMILES string of the molecule is C=CCn1c(=O)[nH]c(C(=O)O)c(C(=O)O)c1=O. The quantitative estimate of drug-likeness (QED) is 0.586. The third-order valence-corrected chi connectivity index (χ3v) is 1.93. The molecular weight excluding hydrogens is 232 g/mol. The summed E-state index contributed by atoms with van der Waals surface area (Å²) in [6, 6.07) is 0. The highest BCUT2D eigenvalue weighted by atomic mass is 16.4. The van der Waals surface area contributed by atoms with Gasteiger partial charge in [0.25, 0.3) is 5.56 Å². The van der Waals surface area contributed by atoms with Crippen LogP contribution in [0.3, 0.4) is 0 Å². The Labute approximate surface area is 93.5 Å². The maximum absolute atomic E-state index is 11.6. The lowest BCUT2D eigenvalue weighted by molar-refractivity contribution is 0.0642. The first-order chi connectivity index (χ1) is 7.90. The molecule has 0 saturated carbocycles. The highest BCUT2D eigenvalue weighted by molar-refractivity contribution is 5.99. The number of aromatic amines is 1. The fourth-order valence-electron chi connectivity index (χ4n) is 1.22. The zero-order chi connectivity index (χ0) is 13.2. The lowest BCUT2D eigenvalue weighted by Gasteiger charge is -2.05. The molecule has 17 heavy (non-hydrogen) atoms. The first kappa shape index (κ1) is 12.4. The third kappa shape index (κ3) is 2.14. The average Bonchev–Trinajstić information content (AvgIpc) is 2.22. The van der Waals surface area contributed by atoms with Gasteiger partial charge in [0.15, 0.2) is 5.56 Å². The van der Waals surface area contributed by atoms with E-state index in [-0.39, 0.29) is 6.54 Å². The molecule has 8 nitrogen and oxygen atoms in total. The molecule has 0 radical (unpaired) electrons. The summed E-state index contributed by atoms with van der Waals surface area (Å²) in [4.78, 5) is 46.2. The summed E-state index contributed by atoms with van der Waals surface area (Å²) in [7, 11) is 0. The van der Waals surface area contributed by atoms with Crippen molar-refractivity contribution in [2.24, 2.45) is 0 Å². The van der Waals surface area contributed by atoms with Crippen molar-refractivity contribution >= 4 is 11.9 Å². The Morgan fingerprint density at radius 3 is 2.29 bits per heavy atom. The number of nitrogens with one attached hydrogen (secondary N) is 1. The van der Waals surface area contributed by atoms with Crippen LogP contribution in [0.2, 0.25) is 0 Å². The van der Waals surface area contributed by atoms with Crippen molar-refractivity contribution in [3.63, 3.8) is 0 Å². The van der Waals surface area contributed by atoms with Gasteiger partial charge in [-0.1, -0.05) is 6.08 Å². The average molecular weight is 240 g/mol. The number of allylic oxidation sites excluding steroid dienone is 1. The van der Waals surface area contributed by atoms with Gasteiger partial charge in [-0.25, -0.2) is 14.4 Å². The first-order valence-electron chi connectivity index (χ1n) is 4.34. The number of carboxylic acids is 2. The van der Waals surface area contributed by atoms with Crippen LogP contribution in [0.15, 0.2) is 22.2 Å². The normalized spacial score (nSPS) is 9.88. The Morgan fingerprint density at radius 2 is 1.88 bits per heavy atom. The van der Waals surface area contributed by atoms with Crippen molar-refractivity contribution < 1.29 is 19.8 Å². The molecule has 0 unspecified atom stereocenters. The minimum atomic E-state index is -1.72. The standard InChI is InChI=1S/C9H8N2O6/c1-2-3-11-6(12)4(7(13)14)5(8(15)16)10-9(11)17/h2H,1,3H2,(H,10,17)(H,13,14)(H,15,16). The maximum atomic E-state index is 11.6. The second kappa shape index (κ2) is 4.47. The Hall–Kier alpha value is -2.64. The van der Waals surface area contributed by atoms with E-state index in [1.54, 1.807) is 0 Å². The Bertz CT molecular complexity index is 609. The molecule has 1 aromatic heterocycles. The van der Waals surface area contributed by atoms with Crippen molar-refractivity contribution in [3.8, 4) is 0 Å². The van der Waals surface area contributed by atoms with Gasteiger partial charge in [-0.05, 0) is 0 Å². The Balaban J connectivity index is 3.76. The van der Waals surface area contributed by atoms with E-state index in [1.165, 1.54) is 6.08 Å². The van der Waals surface area contributed by atoms with Crippen molar-refractivity contribution in [1.82, 2.24) is 9.55 Å². The van der Waals surface area contributed by atoms with Crippen LogP contribution >= 0.6 is 0 Å². The Morgan fingerprint density at radius 1 is 1.29 bits per heavy atom. The summed E-state index contributed by atoms with van der Waals surface area (Å²) in [5, 5.41) is 17.4. The molecule has 1 aromatic rings. The molecule has 8 heteroatoms. The second-order valence-corrected chi connectivity index (χ2v) is 2.99. The van der Waals surface area contributed by atoms with E-state index in [9.17, 15) is 19.2 Å².